The summed E-state index contributed by atoms with van der Waals surface area (Å²) >= 11 is 0. The minimum atomic E-state index is -0.924. The molecule has 3 heterocycles. The van der Waals surface area contributed by atoms with Crippen LogP contribution in [0.2, 0.25) is 0 Å². The van der Waals surface area contributed by atoms with Crippen molar-refractivity contribution >= 4 is 28.3 Å². The van der Waals surface area contributed by atoms with Crippen LogP contribution in [0.25, 0.3) is 22.0 Å². The summed E-state index contributed by atoms with van der Waals surface area (Å²) in [6.45, 7) is 8.72. The van der Waals surface area contributed by atoms with Gasteiger partial charge in [-0.3, -0.25) is 4.79 Å². The second-order valence-electron chi connectivity index (χ2n) is 11.6. The third kappa shape index (κ3) is 6.77. The van der Waals surface area contributed by atoms with E-state index in [1.54, 1.807) is 36.7 Å². The van der Waals surface area contributed by atoms with Crippen LogP contribution in [0.1, 0.15) is 39.2 Å². The van der Waals surface area contributed by atoms with Gasteiger partial charge in [0.2, 0.25) is 17.7 Å². The summed E-state index contributed by atoms with van der Waals surface area (Å²) in [5.74, 6) is 0.382. The summed E-state index contributed by atoms with van der Waals surface area (Å²) in [5, 5.41) is 10.2. The molecule has 0 saturated carbocycles. The van der Waals surface area contributed by atoms with Crippen molar-refractivity contribution in [1.29, 1.82) is 0 Å². The van der Waals surface area contributed by atoms with Gasteiger partial charge in [0, 0.05) is 55.1 Å². The van der Waals surface area contributed by atoms with E-state index in [2.05, 4.69) is 30.9 Å². The molecule has 0 radical (unpaired) electrons. The van der Waals surface area contributed by atoms with Gasteiger partial charge in [0.15, 0.2) is 0 Å². The quantitative estimate of drug-likeness (QED) is 0.240. The highest BCUT2D eigenvalue weighted by atomic mass is 19.1. The Bertz CT molecular complexity index is 1570. The van der Waals surface area contributed by atoms with Gasteiger partial charge in [-0.1, -0.05) is 32.9 Å². The Labute approximate surface area is 238 Å². The Morgan fingerprint density at radius 3 is 2.66 bits per heavy atom. The van der Waals surface area contributed by atoms with Crippen LogP contribution in [0.3, 0.4) is 0 Å². The molecule has 1 amide bonds. The number of rotatable bonds is 7. The molecule has 1 aliphatic heterocycles. The first-order valence-corrected chi connectivity index (χ1v) is 13.7. The predicted molar refractivity (Wildman–Crippen MR) is 156 cm³/mol. The van der Waals surface area contributed by atoms with E-state index in [1.807, 2.05) is 39.8 Å². The predicted octanol–water partition coefficient (Wildman–Crippen LogP) is 6.42. The van der Waals surface area contributed by atoms with E-state index in [0.717, 1.165) is 5.56 Å². The van der Waals surface area contributed by atoms with Gasteiger partial charge >= 0.3 is 0 Å². The van der Waals surface area contributed by atoms with Gasteiger partial charge in [-0.15, -0.1) is 0 Å². The minimum absolute atomic E-state index is 0.113. The van der Waals surface area contributed by atoms with Crippen LogP contribution >= 0.6 is 0 Å². The summed E-state index contributed by atoms with van der Waals surface area (Å²) in [6, 6.07) is 11.8. The van der Waals surface area contributed by atoms with E-state index in [0.29, 0.717) is 59.1 Å². The number of anilines is 2. The molecular weight excluding hydrogens is 526 g/mol. The van der Waals surface area contributed by atoms with Crippen molar-refractivity contribution in [1.82, 2.24) is 20.3 Å². The first-order chi connectivity index (χ1) is 19.6. The number of aryl methyl sites for hydroxylation is 1. The van der Waals surface area contributed by atoms with E-state index in [4.69, 9.17) is 4.74 Å². The Hall–Kier alpha value is -4.18. The Kier molecular flexibility index (Phi) is 8.12. The van der Waals surface area contributed by atoms with Crippen molar-refractivity contribution in [3.8, 4) is 22.9 Å². The van der Waals surface area contributed by atoms with Crippen LogP contribution in [0.4, 0.5) is 20.4 Å². The van der Waals surface area contributed by atoms with Crippen LogP contribution < -0.4 is 20.7 Å². The molecule has 2 aromatic heterocycles. The summed E-state index contributed by atoms with van der Waals surface area (Å²) in [6.07, 6.45) is 2.95. The molecule has 1 fully saturated rings. The highest BCUT2D eigenvalue weighted by molar-refractivity contribution is 6.05. The van der Waals surface area contributed by atoms with Crippen LogP contribution in [0.5, 0.6) is 11.6 Å². The number of piperidine rings is 1. The number of hydrogen-bond donors (Lipinski definition) is 3. The van der Waals surface area contributed by atoms with Gasteiger partial charge in [-0.05, 0) is 48.2 Å². The fourth-order valence-corrected chi connectivity index (χ4v) is 4.91. The minimum Gasteiger partial charge on any atom is -0.437 e. The number of benzene rings is 2. The molecule has 8 nitrogen and oxygen atoms in total. The number of aromatic nitrogens is 3. The van der Waals surface area contributed by atoms with E-state index in [-0.39, 0.29) is 29.5 Å². The number of fused-ring (bicyclic) bond motifs is 1. The zero-order valence-electron chi connectivity index (χ0n) is 23.6. The van der Waals surface area contributed by atoms with Crippen LogP contribution in [0.15, 0.2) is 54.9 Å². The molecule has 1 saturated heterocycles. The standard InChI is InChI=1S/C31H34F2N6O2/c1-18-7-8-21-22(9-10-24(33)27(21)39-26(40)15-31(2,3)4)28(18)41-29-23(6-5-12-35-29)25-11-13-36-30(38-25)37-20-14-19(32)16-34-17-20/h5-13,19-20,34H,14-17H2,1-4H3,(H,39,40)(H,36,37,38)/t19-,20?/m0/s1. The summed E-state index contributed by atoms with van der Waals surface area (Å²) in [5.41, 5.74) is 1.88. The number of carbonyl (C=O) groups is 1. The monoisotopic (exact) mass is 560 g/mol. The maximum Gasteiger partial charge on any atom is 0.228 e. The normalized spacial score (nSPS) is 17.3. The lowest BCUT2D eigenvalue weighted by Crippen LogP contribution is -2.44. The zero-order valence-corrected chi connectivity index (χ0v) is 23.6. The third-order valence-corrected chi connectivity index (χ3v) is 6.78. The molecular formula is C31H34F2N6O2. The molecule has 0 bridgehead atoms. The third-order valence-electron chi connectivity index (χ3n) is 6.78. The lowest BCUT2D eigenvalue weighted by Gasteiger charge is -2.26. The molecule has 1 unspecified atom stereocenters. The molecule has 2 atom stereocenters. The van der Waals surface area contributed by atoms with E-state index in [1.165, 1.54) is 6.07 Å². The summed E-state index contributed by atoms with van der Waals surface area (Å²) in [7, 11) is 0. The molecule has 10 heteroatoms. The second kappa shape index (κ2) is 11.7. The van der Waals surface area contributed by atoms with Crippen molar-refractivity contribution in [3.63, 3.8) is 0 Å². The highest BCUT2D eigenvalue weighted by Crippen LogP contribution is 2.39. The van der Waals surface area contributed by atoms with E-state index in [9.17, 15) is 13.6 Å². The number of nitrogens with zero attached hydrogens (tertiary/aromatic N) is 3. The molecule has 2 aromatic carbocycles. The molecule has 5 rings (SSSR count). The van der Waals surface area contributed by atoms with Gasteiger partial charge in [-0.25, -0.2) is 23.7 Å². The first kappa shape index (κ1) is 28.4. The molecule has 4 aromatic rings. The number of nitrogens with one attached hydrogen (secondary N) is 3. The van der Waals surface area contributed by atoms with Crippen molar-refractivity contribution in [2.75, 3.05) is 23.7 Å². The van der Waals surface area contributed by atoms with Gasteiger partial charge in [0.25, 0.3) is 0 Å². The van der Waals surface area contributed by atoms with Gasteiger partial charge < -0.3 is 20.7 Å². The fraction of sp³-hybridized carbons (Fsp3) is 0.355. The average molecular weight is 561 g/mol. The number of hydrogen-bond acceptors (Lipinski definition) is 7. The lowest BCUT2D eigenvalue weighted by atomic mass is 9.92. The first-order valence-electron chi connectivity index (χ1n) is 13.7. The van der Waals surface area contributed by atoms with Crippen LogP contribution in [0, 0.1) is 18.2 Å². The smallest absolute Gasteiger partial charge is 0.228 e. The van der Waals surface area contributed by atoms with E-state index < -0.39 is 12.0 Å². The van der Waals surface area contributed by atoms with Crippen LogP contribution in [-0.2, 0) is 4.79 Å². The molecule has 214 valence electrons. The van der Waals surface area contributed by atoms with Gasteiger partial charge in [0.1, 0.15) is 17.7 Å². The Morgan fingerprint density at radius 2 is 1.88 bits per heavy atom. The van der Waals surface area contributed by atoms with Gasteiger partial charge in [0.05, 0.1) is 16.9 Å². The van der Waals surface area contributed by atoms with E-state index >= 15 is 0 Å². The lowest BCUT2D eigenvalue weighted by molar-refractivity contribution is -0.117. The molecule has 0 spiro atoms. The summed E-state index contributed by atoms with van der Waals surface area (Å²) in [4.78, 5) is 26.1. The second-order valence-corrected chi connectivity index (χ2v) is 11.6. The SMILES string of the molecule is Cc1ccc2c(NC(=O)CC(C)(C)C)c(F)ccc2c1Oc1ncccc1-c1ccnc(NC2CNC[C@@H](F)C2)n1. The molecule has 41 heavy (non-hydrogen) atoms. The maximum atomic E-state index is 15.0. The number of alkyl halides is 1. The number of halogens is 2. The summed E-state index contributed by atoms with van der Waals surface area (Å²) < 4.78 is 35.2. The van der Waals surface area contributed by atoms with Gasteiger partial charge in [-0.2, -0.15) is 0 Å². The van der Waals surface area contributed by atoms with Crippen LogP contribution in [-0.4, -0.2) is 46.2 Å². The van der Waals surface area contributed by atoms with Crippen molar-refractivity contribution in [3.05, 3.63) is 66.2 Å². The number of carbonyl (C=O) groups excluding carboxylic acids is 1. The molecule has 3 N–H and O–H groups in total. The number of amides is 1. The maximum absolute atomic E-state index is 15.0. The fourth-order valence-electron chi connectivity index (χ4n) is 4.91. The Morgan fingerprint density at radius 1 is 1.07 bits per heavy atom. The largest absolute Gasteiger partial charge is 0.437 e. The van der Waals surface area contributed by atoms with Crippen molar-refractivity contribution in [2.45, 2.75) is 52.8 Å². The number of ether oxygens (including phenoxy) is 1. The zero-order chi connectivity index (χ0) is 29.1. The highest BCUT2D eigenvalue weighted by Gasteiger charge is 2.23. The molecule has 0 aliphatic carbocycles. The van der Waals surface area contributed by atoms with Crippen molar-refractivity contribution in [2.24, 2.45) is 5.41 Å². The number of pyridine rings is 1. The topological polar surface area (TPSA) is 101 Å². The average Bonchev–Trinajstić information content (AvgIpc) is 2.91. The Balaban J connectivity index is 1.47. The van der Waals surface area contributed by atoms with Crippen molar-refractivity contribution < 1.29 is 18.3 Å². The molecule has 1 aliphatic rings.